The third-order valence-corrected chi connectivity index (χ3v) is 5.33. The van der Waals surface area contributed by atoms with Crippen molar-refractivity contribution in [1.82, 2.24) is 15.0 Å². The second kappa shape index (κ2) is 9.81. The van der Waals surface area contributed by atoms with Crippen molar-refractivity contribution >= 4 is 17.8 Å². The lowest BCUT2D eigenvalue weighted by molar-refractivity contribution is -0.137. The average molecular weight is 454 g/mol. The number of nitrogens with zero attached hydrogens (tertiary/aromatic N) is 3. The Morgan fingerprint density at radius 1 is 1.06 bits per heavy atom. The Kier molecular flexibility index (Phi) is 6.67. The molecule has 0 spiro atoms. The van der Waals surface area contributed by atoms with E-state index in [2.05, 4.69) is 26.3 Å². The minimum atomic E-state index is -4.44. The Hall–Kier alpha value is -3.75. The van der Waals surface area contributed by atoms with E-state index in [-0.39, 0.29) is 17.7 Å². The van der Waals surface area contributed by atoms with Gasteiger partial charge in [0, 0.05) is 30.6 Å². The molecule has 0 bridgehead atoms. The SMILES string of the molecule is O=C(Nc1cnccn1)C1CCC(=Cc2cccc(Oc3ccc(C(F)(F)F)cn3)c2)CC1. The topological polar surface area (TPSA) is 77.0 Å². The van der Waals surface area contributed by atoms with Gasteiger partial charge in [0.05, 0.1) is 11.8 Å². The Labute approximate surface area is 188 Å². The number of alkyl halides is 3. The van der Waals surface area contributed by atoms with Gasteiger partial charge >= 0.3 is 6.18 Å². The second-order valence-electron chi connectivity index (χ2n) is 7.71. The van der Waals surface area contributed by atoms with Crippen molar-refractivity contribution in [2.45, 2.75) is 31.9 Å². The monoisotopic (exact) mass is 454 g/mol. The number of amides is 1. The number of hydrogen-bond acceptors (Lipinski definition) is 5. The van der Waals surface area contributed by atoms with Gasteiger partial charge < -0.3 is 10.1 Å². The molecule has 1 amide bonds. The minimum absolute atomic E-state index is 0.0472. The maximum atomic E-state index is 12.7. The van der Waals surface area contributed by atoms with Gasteiger partial charge in [-0.2, -0.15) is 13.2 Å². The van der Waals surface area contributed by atoms with E-state index in [1.165, 1.54) is 24.0 Å². The van der Waals surface area contributed by atoms with E-state index in [0.29, 0.717) is 11.6 Å². The van der Waals surface area contributed by atoms with Crippen molar-refractivity contribution in [3.8, 4) is 11.6 Å². The molecule has 0 radical (unpaired) electrons. The predicted octanol–water partition coefficient (Wildman–Crippen LogP) is 5.90. The Balaban J connectivity index is 1.34. The van der Waals surface area contributed by atoms with Gasteiger partial charge in [-0.05, 0) is 49.4 Å². The molecule has 1 aliphatic carbocycles. The maximum Gasteiger partial charge on any atom is 0.417 e. The zero-order valence-electron chi connectivity index (χ0n) is 17.5. The molecule has 6 nitrogen and oxygen atoms in total. The number of benzene rings is 1. The summed E-state index contributed by atoms with van der Waals surface area (Å²) in [5.41, 5.74) is 1.31. The van der Waals surface area contributed by atoms with Gasteiger partial charge in [-0.3, -0.25) is 9.78 Å². The standard InChI is InChI=1S/C24H21F3N4O2/c25-24(26,27)19-8-9-22(30-14-19)33-20-3-1-2-17(13-20)12-16-4-6-18(7-5-16)23(32)31-21-15-28-10-11-29-21/h1-3,8-15,18H,4-7H2,(H,29,31,32). The number of halogens is 3. The molecule has 1 N–H and O–H groups in total. The van der Waals surface area contributed by atoms with Crippen molar-refractivity contribution in [1.29, 1.82) is 0 Å². The third kappa shape index (κ3) is 6.15. The third-order valence-electron chi connectivity index (χ3n) is 5.33. The van der Waals surface area contributed by atoms with E-state index in [4.69, 9.17) is 4.74 Å². The molecule has 2 heterocycles. The Morgan fingerprint density at radius 2 is 1.88 bits per heavy atom. The summed E-state index contributed by atoms with van der Waals surface area (Å²) in [4.78, 5) is 24.2. The maximum absolute atomic E-state index is 12.7. The Morgan fingerprint density at radius 3 is 2.55 bits per heavy atom. The Bertz CT molecular complexity index is 1120. The molecule has 3 aromatic rings. The quantitative estimate of drug-likeness (QED) is 0.520. The summed E-state index contributed by atoms with van der Waals surface area (Å²) in [6.45, 7) is 0. The van der Waals surface area contributed by atoms with Crippen LogP contribution >= 0.6 is 0 Å². The molecule has 1 fully saturated rings. The van der Waals surface area contributed by atoms with Crippen LogP contribution in [0.25, 0.3) is 6.08 Å². The fraction of sp³-hybridized carbons (Fsp3) is 0.250. The first kappa shape index (κ1) is 22.4. The van der Waals surface area contributed by atoms with Crippen LogP contribution in [0.5, 0.6) is 11.6 Å². The van der Waals surface area contributed by atoms with Gasteiger partial charge in [0.15, 0.2) is 5.82 Å². The summed E-state index contributed by atoms with van der Waals surface area (Å²) in [7, 11) is 0. The van der Waals surface area contributed by atoms with E-state index in [1.807, 2.05) is 12.1 Å². The smallest absolute Gasteiger partial charge is 0.417 e. The number of carbonyl (C=O) groups excluding carboxylic acids is 1. The number of anilines is 1. The van der Waals surface area contributed by atoms with Gasteiger partial charge in [-0.25, -0.2) is 9.97 Å². The lowest BCUT2D eigenvalue weighted by Gasteiger charge is -2.23. The summed E-state index contributed by atoms with van der Waals surface area (Å²) in [5, 5.41) is 2.80. The van der Waals surface area contributed by atoms with Gasteiger partial charge in [-0.15, -0.1) is 0 Å². The number of nitrogens with one attached hydrogen (secondary N) is 1. The molecule has 0 unspecified atom stereocenters. The lowest BCUT2D eigenvalue weighted by Crippen LogP contribution is -2.25. The fourth-order valence-corrected chi connectivity index (χ4v) is 3.62. The molecule has 170 valence electrons. The molecule has 2 aromatic heterocycles. The predicted molar refractivity (Wildman–Crippen MR) is 116 cm³/mol. The summed E-state index contributed by atoms with van der Waals surface area (Å²) < 4.78 is 43.6. The number of hydrogen-bond donors (Lipinski definition) is 1. The number of aromatic nitrogens is 3. The van der Waals surface area contributed by atoms with E-state index in [1.54, 1.807) is 18.3 Å². The van der Waals surface area contributed by atoms with Crippen LogP contribution in [0.1, 0.15) is 36.8 Å². The number of allylic oxidation sites excluding steroid dienone is 1. The normalized spacial score (nSPS) is 16.2. The van der Waals surface area contributed by atoms with Crippen LogP contribution in [0.3, 0.4) is 0 Å². The van der Waals surface area contributed by atoms with Gasteiger partial charge in [0.2, 0.25) is 11.8 Å². The molecule has 1 aromatic carbocycles. The summed E-state index contributed by atoms with van der Waals surface area (Å²) in [6.07, 6.45) is 6.04. The summed E-state index contributed by atoms with van der Waals surface area (Å²) in [5.74, 6) is 0.887. The zero-order valence-corrected chi connectivity index (χ0v) is 17.5. The highest BCUT2D eigenvalue weighted by molar-refractivity contribution is 5.91. The van der Waals surface area contributed by atoms with Gasteiger partial charge in [0.1, 0.15) is 5.75 Å². The highest BCUT2D eigenvalue weighted by Crippen LogP contribution is 2.32. The van der Waals surface area contributed by atoms with Gasteiger partial charge in [-0.1, -0.05) is 23.8 Å². The number of rotatable bonds is 5. The van der Waals surface area contributed by atoms with Crippen molar-refractivity contribution < 1.29 is 22.7 Å². The van der Waals surface area contributed by atoms with E-state index >= 15 is 0 Å². The molecule has 9 heteroatoms. The minimum Gasteiger partial charge on any atom is -0.439 e. The zero-order chi connectivity index (χ0) is 23.3. The molecule has 4 rings (SSSR count). The van der Waals surface area contributed by atoms with Crippen molar-refractivity contribution in [2.75, 3.05) is 5.32 Å². The molecule has 0 saturated heterocycles. The first-order chi connectivity index (χ1) is 15.9. The fourth-order valence-electron chi connectivity index (χ4n) is 3.62. The first-order valence-electron chi connectivity index (χ1n) is 10.4. The number of ether oxygens (including phenoxy) is 1. The van der Waals surface area contributed by atoms with Crippen LogP contribution in [-0.4, -0.2) is 20.9 Å². The van der Waals surface area contributed by atoms with Crippen LogP contribution in [0.4, 0.5) is 19.0 Å². The molecular weight excluding hydrogens is 433 g/mol. The van der Waals surface area contributed by atoms with Crippen molar-refractivity contribution in [3.63, 3.8) is 0 Å². The summed E-state index contributed by atoms with van der Waals surface area (Å²) >= 11 is 0. The molecule has 0 atom stereocenters. The first-order valence-corrected chi connectivity index (χ1v) is 10.4. The van der Waals surface area contributed by atoms with Crippen LogP contribution in [0.2, 0.25) is 0 Å². The van der Waals surface area contributed by atoms with Crippen molar-refractivity contribution in [2.24, 2.45) is 5.92 Å². The molecule has 1 saturated carbocycles. The molecule has 33 heavy (non-hydrogen) atoms. The summed E-state index contributed by atoms with van der Waals surface area (Å²) in [6, 6.07) is 9.39. The van der Waals surface area contributed by atoms with E-state index in [9.17, 15) is 18.0 Å². The molecule has 1 aliphatic rings. The average Bonchev–Trinajstić information content (AvgIpc) is 2.80. The van der Waals surface area contributed by atoms with Crippen molar-refractivity contribution in [3.05, 3.63) is 77.9 Å². The van der Waals surface area contributed by atoms with Crippen LogP contribution in [0, 0.1) is 5.92 Å². The largest absolute Gasteiger partial charge is 0.439 e. The highest BCUT2D eigenvalue weighted by atomic mass is 19.4. The number of carbonyl (C=O) groups is 1. The van der Waals surface area contributed by atoms with Crippen LogP contribution in [0.15, 0.2) is 66.8 Å². The van der Waals surface area contributed by atoms with E-state index in [0.717, 1.165) is 43.5 Å². The molecular formula is C24H21F3N4O2. The second-order valence-corrected chi connectivity index (χ2v) is 7.71. The van der Waals surface area contributed by atoms with Crippen LogP contribution in [-0.2, 0) is 11.0 Å². The lowest BCUT2D eigenvalue weighted by atomic mass is 9.84. The van der Waals surface area contributed by atoms with Gasteiger partial charge in [0.25, 0.3) is 0 Å². The van der Waals surface area contributed by atoms with Crippen LogP contribution < -0.4 is 10.1 Å². The number of pyridine rings is 1. The highest BCUT2D eigenvalue weighted by Gasteiger charge is 2.30. The van der Waals surface area contributed by atoms with E-state index < -0.39 is 11.7 Å². The molecule has 0 aliphatic heterocycles.